The van der Waals surface area contributed by atoms with Gasteiger partial charge < -0.3 is 8.83 Å². The average Bonchev–Trinajstić information content (AvgIpc) is 3.89. The van der Waals surface area contributed by atoms with Crippen molar-refractivity contribution in [2.24, 2.45) is 0 Å². The molecule has 0 saturated heterocycles. The van der Waals surface area contributed by atoms with Crippen molar-refractivity contribution in [3.63, 3.8) is 0 Å². The third-order valence-corrected chi connectivity index (χ3v) is 12.1. The molecule has 5 nitrogen and oxygen atoms in total. The second-order valence-corrected chi connectivity index (χ2v) is 15.5. The maximum atomic E-state index is 7.08. The van der Waals surface area contributed by atoms with Crippen molar-refractivity contribution in [3.05, 3.63) is 188 Å². The Morgan fingerprint density at radius 1 is 0.283 bits per heavy atom. The monoisotopic (exact) mass is 765 g/mol. The minimum Gasteiger partial charge on any atom is -0.456 e. The third kappa shape index (κ3) is 4.90. The maximum Gasteiger partial charge on any atom is 0.165 e. The zero-order chi connectivity index (χ0) is 39.3. The Kier molecular flexibility index (Phi) is 6.95. The molecule has 0 bridgehead atoms. The first-order valence-corrected chi connectivity index (χ1v) is 20.2. The molecule has 0 aliphatic rings. The van der Waals surface area contributed by atoms with Crippen LogP contribution in [0.25, 0.3) is 132 Å². The smallest absolute Gasteiger partial charge is 0.165 e. The first kappa shape index (κ1) is 32.9. The summed E-state index contributed by atoms with van der Waals surface area (Å²) in [5.74, 6) is 1.74. The molecule has 278 valence electrons. The summed E-state index contributed by atoms with van der Waals surface area (Å²) < 4.78 is 13.3. The predicted octanol–water partition coefficient (Wildman–Crippen LogP) is 15.0. The van der Waals surface area contributed by atoms with E-state index in [0.29, 0.717) is 17.5 Å². The minimum absolute atomic E-state index is 0.575. The van der Waals surface area contributed by atoms with E-state index in [1.165, 1.54) is 16.2 Å². The molecule has 0 unspecified atom stereocenters. The van der Waals surface area contributed by atoms with Crippen LogP contribution in [0.15, 0.2) is 197 Å². The molecule has 5 heteroatoms. The van der Waals surface area contributed by atoms with E-state index >= 15 is 0 Å². The summed E-state index contributed by atoms with van der Waals surface area (Å²) in [4.78, 5) is 16.0. The highest BCUT2D eigenvalue weighted by atomic mass is 16.3. The Morgan fingerprint density at radius 2 is 0.817 bits per heavy atom. The lowest BCUT2D eigenvalue weighted by Crippen LogP contribution is -2.01. The Bertz CT molecular complexity index is 3850. The van der Waals surface area contributed by atoms with Crippen LogP contribution >= 0.6 is 0 Å². The number of hydrogen-bond donors (Lipinski definition) is 0. The molecule has 0 aliphatic heterocycles. The second kappa shape index (κ2) is 12.7. The summed E-state index contributed by atoms with van der Waals surface area (Å²) in [5.41, 5.74) is 8.25. The lowest BCUT2D eigenvalue weighted by molar-refractivity contribution is 0.669. The molecule has 0 aliphatic carbocycles. The zero-order valence-electron chi connectivity index (χ0n) is 32.1. The summed E-state index contributed by atoms with van der Waals surface area (Å²) in [6, 6.07) is 65.6. The largest absolute Gasteiger partial charge is 0.456 e. The Morgan fingerprint density at radius 3 is 1.60 bits per heavy atom. The number of para-hydroxylation sites is 1. The SMILES string of the molecule is c1ccc(-c2ccc(-c3nc(-c4ccc5oc6ccccc6c5c4)nc(-c4c5ccccc5cc5oc6c(ccc7c8ccccc8c8ccccc8c76)c45)n3)cc2)cc1. The molecule has 0 saturated carbocycles. The minimum atomic E-state index is 0.575. The van der Waals surface area contributed by atoms with Gasteiger partial charge in [0.05, 0.1) is 0 Å². The van der Waals surface area contributed by atoms with Gasteiger partial charge >= 0.3 is 0 Å². The van der Waals surface area contributed by atoms with E-state index in [2.05, 4.69) is 152 Å². The molecular formula is C55H31N3O2. The Balaban J connectivity index is 1.12. The second-order valence-electron chi connectivity index (χ2n) is 15.5. The first-order chi connectivity index (χ1) is 29.7. The quantitative estimate of drug-likeness (QED) is 0.167. The molecule has 0 radical (unpaired) electrons. The van der Waals surface area contributed by atoms with Gasteiger partial charge in [-0.15, -0.1) is 0 Å². The molecule has 0 fully saturated rings. The molecule has 0 amide bonds. The molecule has 13 rings (SSSR count). The van der Waals surface area contributed by atoms with Crippen LogP contribution < -0.4 is 0 Å². The van der Waals surface area contributed by atoms with E-state index in [0.717, 1.165) is 98.6 Å². The van der Waals surface area contributed by atoms with E-state index in [1.807, 2.05) is 36.4 Å². The summed E-state index contributed by atoms with van der Waals surface area (Å²) in [7, 11) is 0. The molecule has 10 aromatic carbocycles. The van der Waals surface area contributed by atoms with E-state index in [-0.39, 0.29) is 0 Å². The number of fused-ring (bicyclic) bond motifs is 14. The van der Waals surface area contributed by atoms with Gasteiger partial charge in [-0.2, -0.15) is 0 Å². The van der Waals surface area contributed by atoms with Crippen molar-refractivity contribution >= 4 is 87.0 Å². The van der Waals surface area contributed by atoms with Crippen LogP contribution in [0.2, 0.25) is 0 Å². The fraction of sp³-hybridized carbons (Fsp3) is 0. The maximum absolute atomic E-state index is 7.08. The van der Waals surface area contributed by atoms with Crippen molar-refractivity contribution in [1.82, 2.24) is 15.0 Å². The lowest BCUT2D eigenvalue weighted by atomic mass is 9.92. The van der Waals surface area contributed by atoms with Crippen LogP contribution in [-0.2, 0) is 0 Å². The van der Waals surface area contributed by atoms with Crippen molar-refractivity contribution in [2.45, 2.75) is 0 Å². The Labute approximate surface area is 342 Å². The van der Waals surface area contributed by atoms with Crippen molar-refractivity contribution in [1.29, 1.82) is 0 Å². The zero-order valence-corrected chi connectivity index (χ0v) is 32.1. The van der Waals surface area contributed by atoms with Crippen molar-refractivity contribution in [3.8, 4) is 45.3 Å². The van der Waals surface area contributed by atoms with Crippen LogP contribution in [0.5, 0.6) is 0 Å². The van der Waals surface area contributed by atoms with Gasteiger partial charge in [0.1, 0.15) is 22.3 Å². The van der Waals surface area contributed by atoms with E-state index in [4.69, 9.17) is 23.8 Å². The summed E-state index contributed by atoms with van der Waals surface area (Å²) in [5, 5.41) is 13.2. The molecule has 0 spiro atoms. The Hall–Kier alpha value is -8.15. The third-order valence-electron chi connectivity index (χ3n) is 12.1. The molecule has 0 N–H and O–H groups in total. The van der Waals surface area contributed by atoms with Crippen LogP contribution in [0, 0.1) is 0 Å². The predicted molar refractivity (Wildman–Crippen MR) is 246 cm³/mol. The van der Waals surface area contributed by atoms with Gasteiger partial charge in [0.15, 0.2) is 17.5 Å². The summed E-state index contributed by atoms with van der Waals surface area (Å²) in [6.07, 6.45) is 0. The molecule has 13 aromatic rings. The van der Waals surface area contributed by atoms with E-state index < -0.39 is 0 Å². The summed E-state index contributed by atoms with van der Waals surface area (Å²) in [6.45, 7) is 0. The first-order valence-electron chi connectivity index (χ1n) is 20.2. The molecule has 3 heterocycles. The van der Waals surface area contributed by atoms with Crippen molar-refractivity contribution < 1.29 is 8.83 Å². The van der Waals surface area contributed by atoms with Gasteiger partial charge in [-0.25, -0.2) is 15.0 Å². The molecule has 60 heavy (non-hydrogen) atoms. The fourth-order valence-corrected chi connectivity index (χ4v) is 9.33. The number of hydrogen-bond acceptors (Lipinski definition) is 5. The summed E-state index contributed by atoms with van der Waals surface area (Å²) >= 11 is 0. The fourth-order valence-electron chi connectivity index (χ4n) is 9.33. The van der Waals surface area contributed by atoms with Crippen LogP contribution in [0.1, 0.15) is 0 Å². The normalized spacial score (nSPS) is 12.0. The topological polar surface area (TPSA) is 65.0 Å². The number of aromatic nitrogens is 3. The highest BCUT2D eigenvalue weighted by molar-refractivity contribution is 6.33. The van der Waals surface area contributed by atoms with E-state index in [1.54, 1.807) is 0 Å². The molecule has 0 atom stereocenters. The molecular weight excluding hydrogens is 735 g/mol. The van der Waals surface area contributed by atoms with Gasteiger partial charge in [-0.3, -0.25) is 0 Å². The number of benzene rings is 10. The lowest BCUT2D eigenvalue weighted by Gasteiger charge is -2.12. The van der Waals surface area contributed by atoms with Crippen LogP contribution in [0.4, 0.5) is 0 Å². The number of nitrogens with zero attached hydrogens (tertiary/aromatic N) is 3. The van der Waals surface area contributed by atoms with Crippen LogP contribution in [0.3, 0.4) is 0 Å². The number of rotatable bonds is 4. The average molecular weight is 766 g/mol. The highest BCUT2D eigenvalue weighted by Gasteiger charge is 2.23. The molecule has 3 aromatic heterocycles. The van der Waals surface area contributed by atoms with Gasteiger partial charge in [0.25, 0.3) is 0 Å². The van der Waals surface area contributed by atoms with E-state index in [9.17, 15) is 0 Å². The van der Waals surface area contributed by atoms with Gasteiger partial charge in [-0.05, 0) is 85.2 Å². The van der Waals surface area contributed by atoms with Crippen molar-refractivity contribution in [2.75, 3.05) is 0 Å². The van der Waals surface area contributed by atoms with Crippen LogP contribution in [-0.4, -0.2) is 15.0 Å². The highest BCUT2D eigenvalue weighted by Crippen LogP contribution is 2.46. The van der Waals surface area contributed by atoms with Gasteiger partial charge in [0.2, 0.25) is 0 Å². The van der Waals surface area contributed by atoms with Gasteiger partial charge in [-0.1, -0.05) is 152 Å². The van der Waals surface area contributed by atoms with Gasteiger partial charge in [0, 0.05) is 43.6 Å². The standard InChI is InChI=1S/C55H31N3O2/c1-2-12-32(13-3-1)33-22-24-34(25-23-33)53-56-54(36-26-29-47-45(30-36)41-19-10-11-21-46(41)59-47)58-55(57-53)51-37-15-5-4-14-35(37)31-48-50(51)44-28-27-43-40-18-7-6-16-38(40)39-17-8-9-20-42(39)49(43)52(44)60-48/h1-31H. The number of furan rings is 2.